The van der Waals surface area contributed by atoms with E-state index in [0.717, 1.165) is 24.9 Å². The smallest absolute Gasteiger partial charge is 0.313 e. The summed E-state index contributed by atoms with van der Waals surface area (Å²) in [7, 11) is 1.57. The van der Waals surface area contributed by atoms with Crippen LogP contribution in [0.1, 0.15) is 24.0 Å². The third-order valence-corrected chi connectivity index (χ3v) is 4.66. The van der Waals surface area contributed by atoms with Crippen molar-refractivity contribution in [3.8, 4) is 0 Å². The minimum Gasteiger partial charge on any atom is -0.376 e. The van der Waals surface area contributed by atoms with Gasteiger partial charge in [0, 0.05) is 38.8 Å². The van der Waals surface area contributed by atoms with Crippen molar-refractivity contribution in [3.63, 3.8) is 0 Å². The summed E-state index contributed by atoms with van der Waals surface area (Å²) in [6.07, 6.45) is 2.29. The maximum atomic E-state index is 12.2. The Balaban J connectivity index is 1.53. The monoisotopic (exact) mass is 345 g/mol. The minimum atomic E-state index is -0.674. The van der Waals surface area contributed by atoms with Crippen LogP contribution in [0.3, 0.4) is 0 Å². The van der Waals surface area contributed by atoms with Gasteiger partial charge in [0.2, 0.25) is 5.91 Å². The highest BCUT2D eigenvalue weighted by atomic mass is 16.5. The molecule has 0 radical (unpaired) electrons. The molecule has 3 rings (SSSR count). The first kappa shape index (κ1) is 17.4. The van der Waals surface area contributed by atoms with Crippen LogP contribution in [0.4, 0.5) is 5.69 Å². The predicted molar refractivity (Wildman–Crippen MR) is 91.9 cm³/mol. The quantitative estimate of drug-likeness (QED) is 0.818. The van der Waals surface area contributed by atoms with Crippen molar-refractivity contribution in [1.29, 1.82) is 0 Å². The summed E-state index contributed by atoms with van der Waals surface area (Å²) in [5, 5.41) is 2.64. The van der Waals surface area contributed by atoms with E-state index in [2.05, 4.69) is 5.32 Å². The Morgan fingerprint density at radius 3 is 2.88 bits per heavy atom. The molecule has 3 amide bonds. The van der Waals surface area contributed by atoms with Crippen LogP contribution in [0.15, 0.2) is 18.2 Å². The number of nitrogens with zero attached hydrogens (tertiary/aromatic N) is 2. The average molecular weight is 345 g/mol. The first-order valence-corrected chi connectivity index (χ1v) is 8.58. The second kappa shape index (κ2) is 7.65. The fourth-order valence-electron chi connectivity index (χ4n) is 3.12. The molecule has 0 atom stereocenters. The molecule has 2 heterocycles. The van der Waals surface area contributed by atoms with E-state index in [1.807, 2.05) is 12.1 Å². The average Bonchev–Trinajstić information content (AvgIpc) is 3.03. The van der Waals surface area contributed by atoms with Crippen molar-refractivity contribution in [2.45, 2.75) is 25.9 Å². The lowest BCUT2D eigenvalue weighted by atomic mass is 10.0. The Morgan fingerprint density at radius 2 is 2.12 bits per heavy atom. The van der Waals surface area contributed by atoms with Gasteiger partial charge in [-0.15, -0.1) is 0 Å². The lowest BCUT2D eigenvalue weighted by molar-refractivity contribution is -0.142. The van der Waals surface area contributed by atoms with Crippen LogP contribution < -0.4 is 5.32 Å². The second-order valence-corrected chi connectivity index (χ2v) is 6.45. The van der Waals surface area contributed by atoms with E-state index in [1.165, 1.54) is 10.5 Å². The number of hydrogen-bond donors (Lipinski definition) is 1. The van der Waals surface area contributed by atoms with E-state index in [9.17, 15) is 14.4 Å². The fourth-order valence-corrected chi connectivity index (χ4v) is 3.12. The van der Waals surface area contributed by atoms with Crippen LogP contribution in [0.25, 0.3) is 0 Å². The van der Waals surface area contributed by atoms with E-state index in [1.54, 1.807) is 18.0 Å². The molecule has 1 saturated heterocycles. The molecule has 1 aromatic carbocycles. The van der Waals surface area contributed by atoms with Crippen molar-refractivity contribution < 1.29 is 19.1 Å². The van der Waals surface area contributed by atoms with Crippen molar-refractivity contribution >= 4 is 23.4 Å². The zero-order valence-corrected chi connectivity index (χ0v) is 14.4. The number of fused-ring (bicyclic) bond motifs is 1. The van der Waals surface area contributed by atoms with E-state index in [4.69, 9.17) is 4.74 Å². The molecule has 25 heavy (non-hydrogen) atoms. The molecule has 134 valence electrons. The number of carbonyl (C=O) groups is 3. The molecular formula is C18H23N3O4. The Labute approximate surface area is 146 Å². The molecule has 0 saturated carbocycles. The van der Waals surface area contributed by atoms with E-state index in [0.29, 0.717) is 38.4 Å². The van der Waals surface area contributed by atoms with Crippen molar-refractivity contribution in [2.24, 2.45) is 0 Å². The second-order valence-electron chi connectivity index (χ2n) is 6.45. The number of carbonyl (C=O) groups excluding carboxylic acids is 3. The van der Waals surface area contributed by atoms with Crippen LogP contribution >= 0.6 is 0 Å². The van der Waals surface area contributed by atoms with Gasteiger partial charge in [0.25, 0.3) is 0 Å². The summed E-state index contributed by atoms with van der Waals surface area (Å²) >= 11 is 0. The van der Waals surface area contributed by atoms with Gasteiger partial charge >= 0.3 is 11.8 Å². The minimum absolute atomic E-state index is 0.113. The predicted octanol–water partition coefficient (Wildman–Crippen LogP) is 0.779. The number of amides is 3. The number of rotatable bonds is 4. The summed E-state index contributed by atoms with van der Waals surface area (Å²) in [5.74, 6) is -1.17. The highest BCUT2D eigenvalue weighted by Crippen LogP contribution is 2.21. The Morgan fingerprint density at radius 1 is 1.28 bits per heavy atom. The van der Waals surface area contributed by atoms with E-state index < -0.39 is 11.8 Å². The topological polar surface area (TPSA) is 79.0 Å². The molecule has 1 fully saturated rings. The third-order valence-electron chi connectivity index (χ3n) is 4.66. The molecule has 0 bridgehead atoms. The van der Waals surface area contributed by atoms with Crippen LogP contribution in [0.2, 0.25) is 0 Å². The summed E-state index contributed by atoms with van der Waals surface area (Å²) < 4.78 is 5.41. The van der Waals surface area contributed by atoms with Gasteiger partial charge in [-0.05, 0) is 36.1 Å². The van der Waals surface area contributed by atoms with Gasteiger partial charge in [0.15, 0.2) is 0 Å². The molecule has 1 aromatic rings. The molecule has 0 aromatic heterocycles. The molecule has 1 N–H and O–H groups in total. The summed E-state index contributed by atoms with van der Waals surface area (Å²) in [6, 6.07) is 5.61. The van der Waals surface area contributed by atoms with Gasteiger partial charge in [-0.2, -0.15) is 0 Å². The molecule has 7 nitrogen and oxygen atoms in total. The molecule has 7 heteroatoms. The zero-order chi connectivity index (χ0) is 17.8. The molecule has 2 aliphatic heterocycles. The molecular weight excluding hydrogens is 322 g/mol. The first-order valence-electron chi connectivity index (χ1n) is 8.58. The van der Waals surface area contributed by atoms with Crippen LogP contribution in [0.5, 0.6) is 0 Å². The highest BCUT2D eigenvalue weighted by molar-refractivity contribution is 6.39. The summed E-state index contributed by atoms with van der Waals surface area (Å²) in [6.45, 7) is 2.77. The van der Waals surface area contributed by atoms with Gasteiger partial charge in [-0.3, -0.25) is 14.4 Å². The molecule has 2 aliphatic rings. The van der Waals surface area contributed by atoms with E-state index in [-0.39, 0.29) is 5.91 Å². The van der Waals surface area contributed by atoms with Crippen LogP contribution in [-0.2, 0) is 32.1 Å². The number of likely N-dealkylation sites (tertiary alicyclic amines) is 1. The van der Waals surface area contributed by atoms with Crippen LogP contribution in [-0.4, -0.2) is 60.8 Å². The third kappa shape index (κ3) is 4.17. The van der Waals surface area contributed by atoms with Gasteiger partial charge in [-0.25, -0.2) is 0 Å². The number of nitrogens with one attached hydrogen (secondary N) is 1. The highest BCUT2D eigenvalue weighted by Gasteiger charge is 2.23. The maximum absolute atomic E-state index is 12.2. The number of likely N-dealkylation sites (N-methyl/N-ethyl adjacent to an activating group) is 1. The maximum Gasteiger partial charge on any atom is 0.313 e. The molecule has 0 spiro atoms. The number of hydrogen-bond acceptors (Lipinski definition) is 4. The van der Waals surface area contributed by atoms with Crippen LogP contribution in [0, 0.1) is 0 Å². The van der Waals surface area contributed by atoms with Crippen molar-refractivity contribution in [3.05, 3.63) is 29.3 Å². The summed E-state index contributed by atoms with van der Waals surface area (Å²) in [4.78, 5) is 39.0. The van der Waals surface area contributed by atoms with E-state index >= 15 is 0 Å². The lowest BCUT2D eigenvalue weighted by Gasteiger charge is -2.21. The molecule has 0 aliphatic carbocycles. The first-order chi connectivity index (χ1) is 12.0. The van der Waals surface area contributed by atoms with Crippen molar-refractivity contribution in [2.75, 3.05) is 38.6 Å². The largest absolute Gasteiger partial charge is 0.376 e. The standard InChI is InChI=1S/C18H23N3O4/c1-20(8-9-21-7-2-3-16(21)22)18(24)17(23)19-15-5-4-13-6-10-25-12-14(13)11-15/h4-5,11H,2-3,6-10,12H2,1H3,(H,19,23). The Kier molecular flexibility index (Phi) is 5.33. The fraction of sp³-hybridized carbons (Fsp3) is 0.500. The summed E-state index contributed by atoms with van der Waals surface area (Å²) in [5.41, 5.74) is 2.84. The van der Waals surface area contributed by atoms with Gasteiger partial charge in [0.1, 0.15) is 0 Å². The lowest BCUT2D eigenvalue weighted by Crippen LogP contribution is -2.41. The number of ether oxygens (including phenoxy) is 1. The number of benzene rings is 1. The number of anilines is 1. The van der Waals surface area contributed by atoms with Gasteiger partial charge in [-0.1, -0.05) is 6.07 Å². The zero-order valence-electron chi connectivity index (χ0n) is 14.4. The Hall–Kier alpha value is -2.41. The van der Waals surface area contributed by atoms with Crippen molar-refractivity contribution in [1.82, 2.24) is 9.80 Å². The normalized spacial score (nSPS) is 16.5. The van der Waals surface area contributed by atoms with Gasteiger partial charge in [0.05, 0.1) is 13.2 Å². The van der Waals surface area contributed by atoms with Gasteiger partial charge < -0.3 is 19.9 Å². The molecule has 0 unspecified atom stereocenters. The Bertz CT molecular complexity index is 689. The SMILES string of the molecule is CN(CCN1CCCC1=O)C(=O)C(=O)Nc1ccc2c(c1)COCC2.